The lowest BCUT2D eigenvalue weighted by Gasteiger charge is -2.33. The molecule has 0 aromatic carbocycles. The predicted molar refractivity (Wildman–Crippen MR) is 60.4 cm³/mol. The zero-order chi connectivity index (χ0) is 10.6. The number of aliphatic hydroxyl groups is 1. The van der Waals surface area contributed by atoms with Gasteiger partial charge in [-0.3, -0.25) is 4.90 Å². The summed E-state index contributed by atoms with van der Waals surface area (Å²) >= 11 is 0. The fraction of sp³-hybridized carbons (Fsp3) is 1.00. The van der Waals surface area contributed by atoms with Gasteiger partial charge in [-0.15, -0.1) is 0 Å². The molecule has 1 N–H and O–H groups in total. The molecular formula is C12H25NO. The highest BCUT2D eigenvalue weighted by atomic mass is 16.3. The minimum absolute atomic E-state index is 0.363. The number of fused-ring (bicyclic) bond motifs is 1. The first-order valence-electron chi connectivity index (χ1n) is 6.20. The Morgan fingerprint density at radius 3 is 2.64 bits per heavy atom. The van der Waals surface area contributed by atoms with Gasteiger partial charge in [0.15, 0.2) is 0 Å². The predicted octanol–water partition coefficient (Wildman–Crippen LogP) is 2.41. The molecule has 0 aromatic heterocycles. The first-order chi connectivity index (χ1) is 6.82. The molecule has 14 heavy (non-hydrogen) atoms. The van der Waals surface area contributed by atoms with Crippen LogP contribution in [0.1, 0.15) is 52.9 Å². The van der Waals surface area contributed by atoms with E-state index in [9.17, 15) is 5.11 Å². The lowest BCUT2D eigenvalue weighted by molar-refractivity contribution is 0.103. The summed E-state index contributed by atoms with van der Waals surface area (Å²) in [6.07, 6.45) is 6.49. The van der Waals surface area contributed by atoms with Crippen molar-refractivity contribution in [2.24, 2.45) is 0 Å². The number of hydrogen-bond acceptors (Lipinski definition) is 2. The Bertz CT molecular complexity index is 172. The molecule has 2 aliphatic heterocycles. The first-order valence-corrected chi connectivity index (χ1v) is 6.20. The fourth-order valence-electron chi connectivity index (χ4n) is 3.14. The van der Waals surface area contributed by atoms with Crippen molar-refractivity contribution in [2.75, 3.05) is 13.2 Å². The molecule has 0 spiro atoms. The van der Waals surface area contributed by atoms with Gasteiger partial charge in [-0.25, -0.2) is 0 Å². The average Bonchev–Trinajstić information content (AvgIpc) is 2.78. The molecule has 0 aliphatic carbocycles. The summed E-state index contributed by atoms with van der Waals surface area (Å²) in [7, 11) is 0. The number of rotatable bonds is 2. The Labute approximate surface area is 88.3 Å². The maximum Gasteiger partial charge on any atom is 0.0587 e. The lowest BCUT2D eigenvalue weighted by Crippen LogP contribution is -2.42. The molecule has 0 saturated carbocycles. The zero-order valence-corrected chi connectivity index (χ0v) is 9.92. The van der Waals surface area contributed by atoms with Gasteiger partial charge in [-0.05, 0) is 38.6 Å². The van der Waals surface area contributed by atoms with Crippen LogP contribution in [0.15, 0.2) is 0 Å². The molecule has 2 unspecified atom stereocenters. The van der Waals surface area contributed by atoms with Gasteiger partial charge in [0, 0.05) is 11.6 Å². The standard InChI is InChI=1S/C10H19NO.C2H6/c1-2-10-5-3-7-11(10)9(8-12)4-6-10;1-2/h9,12H,2-8H2,1H3;1-2H3. The summed E-state index contributed by atoms with van der Waals surface area (Å²) in [4.78, 5) is 2.56. The molecule has 2 aliphatic rings. The highest BCUT2D eigenvalue weighted by Crippen LogP contribution is 2.44. The van der Waals surface area contributed by atoms with Crippen molar-refractivity contribution >= 4 is 0 Å². The molecule has 0 bridgehead atoms. The highest BCUT2D eigenvalue weighted by Gasteiger charge is 2.47. The minimum Gasteiger partial charge on any atom is -0.395 e. The van der Waals surface area contributed by atoms with Crippen molar-refractivity contribution < 1.29 is 5.11 Å². The van der Waals surface area contributed by atoms with E-state index in [1.54, 1.807) is 0 Å². The molecule has 2 atom stereocenters. The van der Waals surface area contributed by atoms with E-state index < -0.39 is 0 Å². The summed E-state index contributed by atoms with van der Waals surface area (Å²) in [5.74, 6) is 0. The van der Waals surface area contributed by atoms with Crippen molar-refractivity contribution in [1.82, 2.24) is 4.90 Å². The zero-order valence-electron chi connectivity index (χ0n) is 9.92. The van der Waals surface area contributed by atoms with Crippen LogP contribution in [0.5, 0.6) is 0 Å². The monoisotopic (exact) mass is 199 g/mol. The Morgan fingerprint density at radius 2 is 2.07 bits per heavy atom. The lowest BCUT2D eigenvalue weighted by atomic mass is 9.91. The van der Waals surface area contributed by atoms with Gasteiger partial charge in [-0.1, -0.05) is 20.8 Å². The Morgan fingerprint density at radius 1 is 1.36 bits per heavy atom. The van der Waals surface area contributed by atoms with E-state index in [0.29, 0.717) is 18.2 Å². The summed E-state index contributed by atoms with van der Waals surface area (Å²) in [5, 5.41) is 9.18. The highest BCUT2D eigenvalue weighted by molar-refractivity contribution is 5.03. The van der Waals surface area contributed by atoms with E-state index in [2.05, 4.69) is 11.8 Å². The molecule has 2 nitrogen and oxygen atoms in total. The normalized spacial score (nSPS) is 36.4. The number of hydrogen-bond donors (Lipinski definition) is 1. The van der Waals surface area contributed by atoms with Gasteiger partial charge in [0.05, 0.1) is 6.61 Å². The van der Waals surface area contributed by atoms with Crippen LogP contribution < -0.4 is 0 Å². The van der Waals surface area contributed by atoms with Gasteiger partial charge in [0.2, 0.25) is 0 Å². The van der Waals surface area contributed by atoms with Crippen LogP contribution in [-0.4, -0.2) is 34.7 Å². The molecule has 2 fully saturated rings. The van der Waals surface area contributed by atoms with Gasteiger partial charge in [-0.2, -0.15) is 0 Å². The van der Waals surface area contributed by atoms with Gasteiger partial charge >= 0.3 is 0 Å². The molecule has 0 amide bonds. The summed E-state index contributed by atoms with van der Waals surface area (Å²) < 4.78 is 0. The SMILES string of the molecule is CC.CCC12CCCN1C(CO)CC2. The molecule has 0 aromatic rings. The van der Waals surface area contributed by atoms with Crippen LogP contribution in [0.25, 0.3) is 0 Å². The molecule has 2 rings (SSSR count). The first kappa shape index (κ1) is 12.0. The van der Waals surface area contributed by atoms with Crippen LogP contribution in [0, 0.1) is 0 Å². The quantitative estimate of drug-likeness (QED) is 0.738. The van der Waals surface area contributed by atoms with Crippen LogP contribution in [0.3, 0.4) is 0 Å². The Balaban J connectivity index is 0.000000461. The van der Waals surface area contributed by atoms with Crippen LogP contribution >= 0.6 is 0 Å². The second-order valence-electron chi connectivity index (χ2n) is 4.25. The second-order valence-corrected chi connectivity index (χ2v) is 4.25. The van der Waals surface area contributed by atoms with E-state index in [1.807, 2.05) is 13.8 Å². The Hall–Kier alpha value is -0.0800. The van der Waals surface area contributed by atoms with E-state index in [-0.39, 0.29) is 0 Å². The van der Waals surface area contributed by atoms with Crippen molar-refractivity contribution in [2.45, 2.75) is 64.5 Å². The maximum atomic E-state index is 9.18. The van der Waals surface area contributed by atoms with E-state index >= 15 is 0 Å². The van der Waals surface area contributed by atoms with Crippen LogP contribution in [-0.2, 0) is 0 Å². The summed E-state index contributed by atoms with van der Waals surface area (Å²) in [6.45, 7) is 7.87. The molecule has 0 radical (unpaired) electrons. The number of aliphatic hydroxyl groups excluding tert-OH is 1. The second kappa shape index (κ2) is 5.13. The third-order valence-corrected chi connectivity index (χ3v) is 3.90. The van der Waals surface area contributed by atoms with Crippen molar-refractivity contribution in [1.29, 1.82) is 0 Å². The van der Waals surface area contributed by atoms with E-state index in [0.717, 1.165) is 0 Å². The topological polar surface area (TPSA) is 23.5 Å². The number of nitrogens with zero attached hydrogens (tertiary/aromatic N) is 1. The molecular weight excluding hydrogens is 174 g/mol. The molecule has 2 heteroatoms. The molecule has 2 saturated heterocycles. The van der Waals surface area contributed by atoms with Crippen LogP contribution in [0.2, 0.25) is 0 Å². The van der Waals surface area contributed by atoms with Crippen molar-refractivity contribution in [3.05, 3.63) is 0 Å². The maximum absolute atomic E-state index is 9.18. The van der Waals surface area contributed by atoms with Gasteiger partial charge < -0.3 is 5.11 Å². The summed E-state index contributed by atoms with van der Waals surface area (Å²) in [5.41, 5.74) is 0.493. The van der Waals surface area contributed by atoms with Crippen molar-refractivity contribution in [3.63, 3.8) is 0 Å². The van der Waals surface area contributed by atoms with Crippen molar-refractivity contribution in [3.8, 4) is 0 Å². The Kier molecular flexibility index (Phi) is 4.39. The largest absolute Gasteiger partial charge is 0.395 e. The smallest absolute Gasteiger partial charge is 0.0587 e. The third kappa shape index (κ3) is 1.82. The molecule has 2 heterocycles. The summed E-state index contributed by atoms with van der Waals surface area (Å²) in [6, 6.07) is 0.479. The van der Waals surface area contributed by atoms with Crippen LogP contribution in [0.4, 0.5) is 0 Å². The van der Waals surface area contributed by atoms with E-state index in [1.165, 1.54) is 38.6 Å². The van der Waals surface area contributed by atoms with E-state index in [4.69, 9.17) is 0 Å². The van der Waals surface area contributed by atoms with Gasteiger partial charge in [0.25, 0.3) is 0 Å². The average molecular weight is 199 g/mol. The minimum atomic E-state index is 0.363. The molecule has 84 valence electrons. The third-order valence-electron chi connectivity index (χ3n) is 3.90. The van der Waals surface area contributed by atoms with Gasteiger partial charge in [0.1, 0.15) is 0 Å². The fourth-order valence-corrected chi connectivity index (χ4v) is 3.14.